The number of aromatic nitrogens is 1. The average molecular weight is 265 g/mol. The number of hydrogen-bond donors (Lipinski definition) is 0. The van der Waals surface area contributed by atoms with Crippen molar-refractivity contribution in [1.29, 1.82) is 0 Å². The van der Waals surface area contributed by atoms with Gasteiger partial charge in [-0.15, -0.1) is 0 Å². The summed E-state index contributed by atoms with van der Waals surface area (Å²) in [6.45, 7) is 0. The number of fused-ring (bicyclic) bond motifs is 1. The van der Waals surface area contributed by atoms with Gasteiger partial charge in [-0.3, -0.25) is 4.98 Å². The molecule has 0 atom stereocenters. The summed E-state index contributed by atoms with van der Waals surface area (Å²) in [6.07, 6.45) is 1.78. The Morgan fingerprint density at radius 3 is 2.40 bits per heavy atom. The van der Waals surface area contributed by atoms with E-state index in [4.69, 9.17) is 9.47 Å². The minimum atomic E-state index is 0.692. The lowest BCUT2D eigenvalue weighted by Gasteiger charge is -2.15. The van der Waals surface area contributed by atoms with E-state index in [9.17, 15) is 0 Å². The molecule has 3 aromatic rings. The zero-order valence-electron chi connectivity index (χ0n) is 11.5. The van der Waals surface area contributed by atoms with Gasteiger partial charge in [-0.1, -0.05) is 36.4 Å². The number of methoxy groups -OCH3 is 2. The van der Waals surface area contributed by atoms with E-state index in [0.717, 1.165) is 27.8 Å². The molecule has 2 aromatic carbocycles. The van der Waals surface area contributed by atoms with Crippen molar-refractivity contribution in [2.75, 3.05) is 14.2 Å². The van der Waals surface area contributed by atoms with Crippen molar-refractivity contribution >= 4 is 10.9 Å². The first-order valence-electron chi connectivity index (χ1n) is 6.40. The van der Waals surface area contributed by atoms with E-state index >= 15 is 0 Å². The molecule has 0 unspecified atom stereocenters. The summed E-state index contributed by atoms with van der Waals surface area (Å²) in [5, 5.41) is 1.05. The van der Waals surface area contributed by atoms with Crippen molar-refractivity contribution < 1.29 is 9.47 Å². The third kappa shape index (κ3) is 1.97. The fraction of sp³-hybridized carbons (Fsp3) is 0.118. The topological polar surface area (TPSA) is 31.4 Å². The van der Waals surface area contributed by atoms with Crippen molar-refractivity contribution in [3.63, 3.8) is 0 Å². The molecule has 3 rings (SSSR count). The van der Waals surface area contributed by atoms with Crippen LogP contribution in [0.5, 0.6) is 11.5 Å². The van der Waals surface area contributed by atoms with E-state index in [1.807, 2.05) is 36.4 Å². The summed E-state index contributed by atoms with van der Waals surface area (Å²) < 4.78 is 11.0. The molecule has 20 heavy (non-hydrogen) atoms. The molecule has 0 aliphatic carbocycles. The van der Waals surface area contributed by atoms with Crippen LogP contribution in [0.3, 0.4) is 0 Å². The standard InChI is InChI=1S/C17H15NO2/c1-19-15-11-14-13(9-6-10-18-14)16(17(15)20-2)12-7-4-3-5-8-12/h3-11H,1-2H3. The Morgan fingerprint density at radius 1 is 0.900 bits per heavy atom. The fourth-order valence-corrected chi connectivity index (χ4v) is 2.42. The minimum absolute atomic E-state index is 0.692. The van der Waals surface area contributed by atoms with Gasteiger partial charge in [-0.2, -0.15) is 0 Å². The van der Waals surface area contributed by atoms with Crippen molar-refractivity contribution in [3.05, 3.63) is 54.7 Å². The second-order valence-electron chi connectivity index (χ2n) is 4.42. The molecule has 0 amide bonds. The second kappa shape index (κ2) is 5.21. The molecular formula is C17H15NO2. The lowest BCUT2D eigenvalue weighted by Crippen LogP contribution is -1.95. The number of ether oxygens (including phenoxy) is 2. The summed E-state index contributed by atoms with van der Waals surface area (Å²) in [6, 6.07) is 16.0. The highest BCUT2D eigenvalue weighted by atomic mass is 16.5. The number of pyridine rings is 1. The highest BCUT2D eigenvalue weighted by Gasteiger charge is 2.16. The molecule has 0 spiro atoms. The molecule has 0 aliphatic heterocycles. The third-order valence-electron chi connectivity index (χ3n) is 3.31. The maximum Gasteiger partial charge on any atom is 0.169 e. The fourth-order valence-electron chi connectivity index (χ4n) is 2.42. The molecule has 3 nitrogen and oxygen atoms in total. The van der Waals surface area contributed by atoms with Crippen molar-refractivity contribution in [2.45, 2.75) is 0 Å². The average Bonchev–Trinajstić information content (AvgIpc) is 2.53. The molecule has 0 saturated heterocycles. The minimum Gasteiger partial charge on any atom is -0.493 e. The second-order valence-corrected chi connectivity index (χ2v) is 4.42. The van der Waals surface area contributed by atoms with Crippen LogP contribution in [0.1, 0.15) is 0 Å². The van der Waals surface area contributed by atoms with Crippen LogP contribution in [0.15, 0.2) is 54.7 Å². The first-order chi connectivity index (χ1) is 9.85. The monoisotopic (exact) mass is 265 g/mol. The first-order valence-corrected chi connectivity index (χ1v) is 6.40. The Bertz CT molecular complexity index is 739. The molecule has 0 aliphatic rings. The summed E-state index contributed by atoms with van der Waals surface area (Å²) in [5.41, 5.74) is 2.99. The number of hydrogen-bond acceptors (Lipinski definition) is 3. The Kier molecular flexibility index (Phi) is 3.25. The van der Waals surface area contributed by atoms with E-state index in [1.165, 1.54) is 0 Å². The molecular weight excluding hydrogens is 250 g/mol. The Hall–Kier alpha value is -2.55. The molecule has 100 valence electrons. The molecule has 0 radical (unpaired) electrons. The SMILES string of the molecule is COc1cc2ncccc2c(-c2ccccc2)c1OC. The highest BCUT2D eigenvalue weighted by Crippen LogP contribution is 2.43. The van der Waals surface area contributed by atoms with E-state index in [1.54, 1.807) is 20.4 Å². The molecule has 0 saturated carbocycles. The first kappa shape index (κ1) is 12.5. The van der Waals surface area contributed by atoms with Crippen LogP contribution in [0.2, 0.25) is 0 Å². The quantitative estimate of drug-likeness (QED) is 0.719. The third-order valence-corrected chi connectivity index (χ3v) is 3.31. The van der Waals surface area contributed by atoms with Crippen LogP contribution in [0.4, 0.5) is 0 Å². The smallest absolute Gasteiger partial charge is 0.169 e. The van der Waals surface area contributed by atoms with Crippen LogP contribution >= 0.6 is 0 Å². The van der Waals surface area contributed by atoms with Gasteiger partial charge >= 0.3 is 0 Å². The lowest BCUT2D eigenvalue weighted by atomic mass is 9.99. The van der Waals surface area contributed by atoms with Crippen molar-refractivity contribution in [1.82, 2.24) is 4.98 Å². The van der Waals surface area contributed by atoms with Gasteiger partial charge in [-0.05, 0) is 11.6 Å². The van der Waals surface area contributed by atoms with Crippen LogP contribution in [-0.2, 0) is 0 Å². The number of benzene rings is 2. The summed E-state index contributed by atoms with van der Waals surface area (Å²) in [5.74, 6) is 1.43. The van der Waals surface area contributed by atoms with E-state index < -0.39 is 0 Å². The molecule has 1 aromatic heterocycles. The van der Waals surface area contributed by atoms with Crippen LogP contribution in [0, 0.1) is 0 Å². The van der Waals surface area contributed by atoms with Crippen LogP contribution in [-0.4, -0.2) is 19.2 Å². The summed E-state index contributed by atoms with van der Waals surface area (Å²) in [4.78, 5) is 4.42. The van der Waals surface area contributed by atoms with Gasteiger partial charge in [0, 0.05) is 23.2 Å². The zero-order chi connectivity index (χ0) is 13.9. The molecule has 0 N–H and O–H groups in total. The Balaban J connectivity index is 2.43. The maximum absolute atomic E-state index is 5.58. The van der Waals surface area contributed by atoms with E-state index in [-0.39, 0.29) is 0 Å². The Morgan fingerprint density at radius 2 is 1.70 bits per heavy atom. The van der Waals surface area contributed by atoms with Crippen LogP contribution < -0.4 is 9.47 Å². The van der Waals surface area contributed by atoms with Gasteiger partial charge in [0.2, 0.25) is 0 Å². The van der Waals surface area contributed by atoms with Crippen molar-refractivity contribution in [2.24, 2.45) is 0 Å². The van der Waals surface area contributed by atoms with Gasteiger partial charge in [0.1, 0.15) is 0 Å². The number of nitrogens with zero attached hydrogens (tertiary/aromatic N) is 1. The predicted molar refractivity (Wildman–Crippen MR) is 80.3 cm³/mol. The highest BCUT2D eigenvalue weighted by molar-refractivity contribution is 5.99. The van der Waals surface area contributed by atoms with Gasteiger partial charge in [-0.25, -0.2) is 0 Å². The summed E-state index contributed by atoms with van der Waals surface area (Å²) in [7, 11) is 3.30. The van der Waals surface area contributed by atoms with Crippen LogP contribution in [0.25, 0.3) is 22.0 Å². The van der Waals surface area contributed by atoms with Gasteiger partial charge < -0.3 is 9.47 Å². The van der Waals surface area contributed by atoms with Gasteiger partial charge in [0.05, 0.1) is 19.7 Å². The lowest BCUT2D eigenvalue weighted by molar-refractivity contribution is 0.357. The van der Waals surface area contributed by atoms with E-state index in [2.05, 4.69) is 17.1 Å². The largest absolute Gasteiger partial charge is 0.493 e. The Labute approximate surface area is 117 Å². The molecule has 3 heteroatoms. The predicted octanol–water partition coefficient (Wildman–Crippen LogP) is 3.92. The molecule has 0 fully saturated rings. The van der Waals surface area contributed by atoms with E-state index in [0.29, 0.717) is 5.75 Å². The molecule has 0 bridgehead atoms. The summed E-state index contributed by atoms with van der Waals surface area (Å²) >= 11 is 0. The molecule has 1 heterocycles. The number of rotatable bonds is 3. The van der Waals surface area contributed by atoms with Gasteiger partial charge in [0.25, 0.3) is 0 Å². The van der Waals surface area contributed by atoms with Crippen molar-refractivity contribution in [3.8, 4) is 22.6 Å². The normalized spacial score (nSPS) is 10.5. The zero-order valence-corrected chi connectivity index (χ0v) is 11.5. The maximum atomic E-state index is 5.58. The van der Waals surface area contributed by atoms with Gasteiger partial charge in [0.15, 0.2) is 11.5 Å².